The number of halogens is 4. The van der Waals surface area contributed by atoms with E-state index in [1.54, 1.807) is 0 Å². The zero-order chi connectivity index (χ0) is 11.5. The highest BCUT2D eigenvalue weighted by atomic mass is 19.3. The maximum atomic E-state index is 12.6. The molecule has 0 amide bonds. The van der Waals surface area contributed by atoms with Gasteiger partial charge >= 0.3 is 12.3 Å². The number of nitrogens with zero attached hydrogens (tertiary/aromatic N) is 1. The second kappa shape index (κ2) is 5.12. The Morgan fingerprint density at radius 3 is 2.47 bits per heavy atom. The number of likely N-dealkylation sites (N-methyl/N-ethyl adjacent to an activating group) is 1. The van der Waals surface area contributed by atoms with Crippen molar-refractivity contribution in [1.29, 1.82) is 0 Å². The van der Waals surface area contributed by atoms with E-state index in [9.17, 15) is 17.6 Å². The van der Waals surface area contributed by atoms with E-state index in [4.69, 9.17) is 0 Å². The van der Waals surface area contributed by atoms with E-state index in [1.807, 2.05) is 0 Å². The van der Waals surface area contributed by atoms with Crippen LogP contribution in [0.15, 0.2) is 0 Å². The van der Waals surface area contributed by atoms with Crippen LogP contribution in [-0.4, -0.2) is 50.0 Å². The minimum absolute atomic E-state index is 0.360. The van der Waals surface area contributed by atoms with Gasteiger partial charge < -0.3 is 5.32 Å². The first kappa shape index (κ1) is 12.7. The molecular formula is C9H16F4N2. The van der Waals surface area contributed by atoms with Crippen molar-refractivity contribution in [2.45, 2.75) is 31.2 Å². The molecule has 6 heteroatoms. The first-order chi connectivity index (χ1) is 6.92. The fraction of sp³-hybridized carbons (Fsp3) is 1.00. The second-order valence-corrected chi connectivity index (χ2v) is 4.03. The molecule has 0 aromatic carbocycles. The molecule has 15 heavy (non-hydrogen) atoms. The van der Waals surface area contributed by atoms with Gasteiger partial charge in [0.2, 0.25) is 0 Å². The summed E-state index contributed by atoms with van der Waals surface area (Å²) in [4.78, 5) is 1.22. The van der Waals surface area contributed by atoms with Crippen LogP contribution < -0.4 is 5.32 Å². The topological polar surface area (TPSA) is 15.3 Å². The molecule has 0 radical (unpaired) electrons. The lowest BCUT2D eigenvalue weighted by Gasteiger charge is -2.23. The quantitative estimate of drug-likeness (QED) is 0.665. The van der Waals surface area contributed by atoms with Crippen LogP contribution in [0.25, 0.3) is 0 Å². The summed E-state index contributed by atoms with van der Waals surface area (Å²) in [6.07, 6.45) is -1.34. The Balaban J connectivity index is 2.12. The summed E-state index contributed by atoms with van der Waals surface area (Å²) in [7, 11) is 1.42. The monoisotopic (exact) mass is 228 g/mol. The molecule has 1 aliphatic rings. The summed E-state index contributed by atoms with van der Waals surface area (Å²) >= 11 is 0. The van der Waals surface area contributed by atoms with Crippen LogP contribution in [0.2, 0.25) is 0 Å². The average molecular weight is 228 g/mol. The van der Waals surface area contributed by atoms with E-state index in [0.29, 0.717) is 19.1 Å². The lowest BCUT2D eigenvalue weighted by Crippen LogP contribution is -2.42. The third kappa shape index (κ3) is 4.79. The summed E-state index contributed by atoms with van der Waals surface area (Å²) < 4.78 is 48.8. The predicted molar refractivity (Wildman–Crippen MR) is 49.5 cm³/mol. The molecule has 0 spiro atoms. The minimum Gasteiger partial charge on any atom is -0.313 e. The van der Waals surface area contributed by atoms with Gasteiger partial charge in [0.25, 0.3) is 0 Å². The number of nitrogens with one attached hydrogen (secondary N) is 1. The zero-order valence-electron chi connectivity index (χ0n) is 8.65. The standard InChI is InChI=1S/C9H16F4N2/c1-15(5-4-14-7-2-3-7)6-9(12,13)8(10)11/h7-8,14H,2-6H2,1H3. The summed E-state index contributed by atoms with van der Waals surface area (Å²) in [5, 5.41) is 3.13. The third-order valence-corrected chi connectivity index (χ3v) is 2.30. The molecule has 0 heterocycles. The molecular weight excluding hydrogens is 212 g/mol. The molecule has 0 unspecified atom stereocenters. The van der Waals surface area contributed by atoms with Gasteiger partial charge in [-0.1, -0.05) is 0 Å². The fourth-order valence-electron chi connectivity index (χ4n) is 1.25. The Morgan fingerprint density at radius 2 is 2.00 bits per heavy atom. The Bertz CT molecular complexity index is 195. The van der Waals surface area contributed by atoms with Gasteiger partial charge in [0.15, 0.2) is 0 Å². The third-order valence-electron chi connectivity index (χ3n) is 2.30. The Morgan fingerprint density at radius 1 is 1.40 bits per heavy atom. The normalized spacial score (nSPS) is 17.8. The molecule has 0 aromatic heterocycles. The second-order valence-electron chi connectivity index (χ2n) is 4.03. The van der Waals surface area contributed by atoms with Crippen molar-refractivity contribution in [3.8, 4) is 0 Å². The largest absolute Gasteiger partial charge is 0.319 e. The summed E-state index contributed by atoms with van der Waals surface area (Å²) in [5.74, 6) is -3.91. The molecule has 1 saturated carbocycles. The molecule has 1 N–H and O–H groups in total. The summed E-state index contributed by atoms with van der Waals surface area (Å²) in [6.45, 7) is 0.0380. The molecule has 0 aliphatic heterocycles. The van der Waals surface area contributed by atoms with Gasteiger partial charge in [-0.25, -0.2) is 8.78 Å². The van der Waals surface area contributed by atoms with Gasteiger partial charge in [0, 0.05) is 19.1 Å². The molecule has 90 valence electrons. The highest BCUT2D eigenvalue weighted by Gasteiger charge is 2.41. The number of alkyl halides is 4. The maximum absolute atomic E-state index is 12.6. The van der Waals surface area contributed by atoms with Gasteiger partial charge in [-0.15, -0.1) is 0 Å². The van der Waals surface area contributed by atoms with Crippen LogP contribution >= 0.6 is 0 Å². The van der Waals surface area contributed by atoms with Crippen LogP contribution in [0.4, 0.5) is 17.6 Å². The molecule has 0 atom stereocenters. The molecule has 1 fully saturated rings. The van der Waals surface area contributed by atoms with E-state index < -0.39 is 18.9 Å². The minimum atomic E-state index is -3.91. The van der Waals surface area contributed by atoms with Gasteiger partial charge in [0.05, 0.1) is 6.54 Å². The molecule has 0 saturated heterocycles. The van der Waals surface area contributed by atoms with Crippen LogP contribution in [0.3, 0.4) is 0 Å². The lowest BCUT2D eigenvalue weighted by atomic mass is 10.3. The van der Waals surface area contributed by atoms with E-state index in [2.05, 4.69) is 5.32 Å². The van der Waals surface area contributed by atoms with Crippen molar-refractivity contribution in [2.75, 3.05) is 26.7 Å². The lowest BCUT2D eigenvalue weighted by molar-refractivity contribution is -0.139. The Labute approximate surface area is 86.6 Å². The van der Waals surface area contributed by atoms with Crippen LogP contribution in [0.5, 0.6) is 0 Å². The van der Waals surface area contributed by atoms with Crippen molar-refractivity contribution in [2.24, 2.45) is 0 Å². The van der Waals surface area contributed by atoms with Crippen molar-refractivity contribution in [3.63, 3.8) is 0 Å². The van der Waals surface area contributed by atoms with Crippen LogP contribution in [0.1, 0.15) is 12.8 Å². The molecule has 2 nitrogen and oxygen atoms in total. The highest BCUT2D eigenvalue weighted by Crippen LogP contribution is 2.23. The van der Waals surface area contributed by atoms with E-state index in [1.165, 1.54) is 11.9 Å². The van der Waals surface area contributed by atoms with Gasteiger partial charge in [-0.2, -0.15) is 8.78 Å². The van der Waals surface area contributed by atoms with E-state index in [-0.39, 0.29) is 0 Å². The fourth-order valence-corrected chi connectivity index (χ4v) is 1.25. The van der Waals surface area contributed by atoms with E-state index >= 15 is 0 Å². The maximum Gasteiger partial charge on any atom is 0.319 e. The molecule has 1 aliphatic carbocycles. The van der Waals surface area contributed by atoms with Gasteiger partial charge in [-0.05, 0) is 19.9 Å². The van der Waals surface area contributed by atoms with Gasteiger partial charge in [-0.3, -0.25) is 4.90 Å². The van der Waals surface area contributed by atoms with Crippen molar-refractivity contribution in [3.05, 3.63) is 0 Å². The van der Waals surface area contributed by atoms with Crippen LogP contribution in [-0.2, 0) is 0 Å². The van der Waals surface area contributed by atoms with Crippen molar-refractivity contribution in [1.82, 2.24) is 10.2 Å². The summed E-state index contributed by atoms with van der Waals surface area (Å²) in [5.41, 5.74) is 0. The van der Waals surface area contributed by atoms with Crippen molar-refractivity contribution < 1.29 is 17.6 Å². The number of hydrogen-bond donors (Lipinski definition) is 1. The molecule has 0 bridgehead atoms. The SMILES string of the molecule is CN(CCNC1CC1)CC(F)(F)C(F)F. The predicted octanol–water partition coefficient (Wildman–Crippen LogP) is 1.57. The molecule has 1 rings (SSSR count). The zero-order valence-corrected chi connectivity index (χ0v) is 8.65. The smallest absolute Gasteiger partial charge is 0.313 e. The Kier molecular flexibility index (Phi) is 4.33. The first-order valence-electron chi connectivity index (χ1n) is 5.00. The van der Waals surface area contributed by atoms with Crippen molar-refractivity contribution >= 4 is 0 Å². The van der Waals surface area contributed by atoms with Gasteiger partial charge in [0.1, 0.15) is 0 Å². The molecule has 0 aromatic rings. The van der Waals surface area contributed by atoms with E-state index in [0.717, 1.165) is 12.8 Å². The number of rotatable bonds is 7. The van der Waals surface area contributed by atoms with Crippen LogP contribution in [0, 0.1) is 0 Å². The highest BCUT2D eigenvalue weighted by molar-refractivity contribution is 4.81. The summed E-state index contributed by atoms with van der Waals surface area (Å²) in [6, 6.07) is 0.508. The Hall–Kier alpha value is -0.360. The average Bonchev–Trinajstić information content (AvgIpc) is 2.86. The number of hydrogen-bond acceptors (Lipinski definition) is 2. The first-order valence-corrected chi connectivity index (χ1v) is 5.00.